The number of nitrogens with one attached hydrogen (secondary N) is 2. The molecule has 9 heteroatoms. The molecule has 188 valence electrons. The lowest BCUT2D eigenvalue weighted by Gasteiger charge is -2.19. The Morgan fingerprint density at radius 1 is 1.08 bits per heavy atom. The summed E-state index contributed by atoms with van der Waals surface area (Å²) in [6.45, 7) is 5.65. The van der Waals surface area contributed by atoms with E-state index in [0.717, 1.165) is 40.6 Å². The zero-order valence-electron chi connectivity index (χ0n) is 20.8. The molecule has 0 aliphatic carbocycles. The van der Waals surface area contributed by atoms with E-state index in [-0.39, 0.29) is 11.9 Å². The summed E-state index contributed by atoms with van der Waals surface area (Å²) < 4.78 is 13.3. The molecule has 0 bridgehead atoms. The fourth-order valence-electron chi connectivity index (χ4n) is 4.61. The lowest BCUT2D eigenvalue weighted by Crippen LogP contribution is -2.25. The highest BCUT2D eigenvalue weighted by Crippen LogP contribution is 2.35. The fraction of sp³-hybridized carbons (Fsp3) is 0.286. The van der Waals surface area contributed by atoms with Gasteiger partial charge in [-0.2, -0.15) is 5.10 Å². The van der Waals surface area contributed by atoms with Gasteiger partial charge in [-0.15, -0.1) is 0 Å². The van der Waals surface area contributed by atoms with Crippen LogP contribution in [0.5, 0.6) is 11.5 Å². The average Bonchev–Trinajstić information content (AvgIpc) is 3.54. The van der Waals surface area contributed by atoms with Crippen LogP contribution in [0.25, 0.3) is 33.3 Å². The normalized spacial score (nSPS) is 12.9. The molecule has 2 N–H and O–H groups in total. The summed E-state index contributed by atoms with van der Waals surface area (Å²) in [4.78, 5) is 26.2. The van der Waals surface area contributed by atoms with Crippen molar-refractivity contribution in [3.05, 3.63) is 66.1 Å². The first-order valence-corrected chi connectivity index (χ1v) is 12.6. The molecule has 3 aromatic heterocycles. The van der Waals surface area contributed by atoms with E-state index in [2.05, 4.69) is 20.4 Å². The van der Waals surface area contributed by atoms with Crippen LogP contribution in [0.15, 0.2) is 54.7 Å². The largest absolute Gasteiger partial charge is 0.486 e. The van der Waals surface area contributed by atoms with Crippen molar-refractivity contribution in [1.82, 2.24) is 30.0 Å². The number of amides is 1. The Morgan fingerprint density at radius 3 is 2.76 bits per heavy atom. The SMILES string of the molecule is CC(C)n1ncc2c(C(=O)NCCCc3nc4ccccc4[nH]3)cc(-c3ccc4c(c3)OCCO4)nc21. The second-order valence-electron chi connectivity index (χ2n) is 9.39. The van der Waals surface area contributed by atoms with Crippen molar-refractivity contribution in [3.63, 3.8) is 0 Å². The number of fused-ring (bicyclic) bond motifs is 3. The first-order chi connectivity index (χ1) is 18.1. The number of aromatic nitrogens is 5. The smallest absolute Gasteiger partial charge is 0.252 e. The van der Waals surface area contributed by atoms with Gasteiger partial charge in [-0.3, -0.25) is 4.79 Å². The Kier molecular flexibility index (Phi) is 5.96. The molecule has 1 amide bonds. The second kappa shape index (κ2) is 9.57. The van der Waals surface area contributed by atoms with Gasteiger partial charge in [0.05, 0.1) is 33.9 Å². The third-order valence-corrected chi connectivity index (χ3v) is 6.45. The van der Waals surface area contributed by atoms with Crippen LogP contribution in [0.2, 0.25) is 0 Å². The van der Waals surface area contributed by atoms with E-state index in [4.69, 9.17) is 14.5 Å². The first-order valence-electron chi connectivity index (χ1n) is 12.6. The summed E-state index contributed by atoms with van der Waals surface area (Å²) in [5.41, 5.74) is 4.73. The highest BCUT2D eigenvalue weighted by molar-refractivity contribution is 6.06. The topological polar surface area (TPSA) is 107 Å². The van der Waals surface area contributed by atoms with Crippen molar-refractivity contribution in [3.8, 4) is 22.8 Å². The number of para-hydroxylation sites is 2. The van der Waals surface area contributed by atoms with Crippen LogP contribution in [0.1, 0.15) is 42.5 Å². The second-order valence-corrected chi connectivity index (χ2v) is 9.39. The molecule has 1 aliphatic rings. The molecule has 37 heavy (non-hydrogen) atoms. The lowest BCUT2D eigenvalue weighted by molar-refractivity contribution is 0.0954. The monoisotopic (exact) mass is 496 g/mol. The molecule has 0 radical (unpaired) electrons. The van der Waals surface area contributed by atoms with Gasteiger partial charge in [0.15, 0.2) is 17.1 Å². The molecule has 0 spiro atoms. The number of benzene rings is 2. The standard InChI is InChI=1S/C28H28N6O3/c1-17(2)34-27-20(16-30-34)19(15-23(33-27)18-9-10-24-25(14-18)37-13-12-36-24)28(35)29-11-5-8-26-31-21-6-3-4-7-22(21)32-26/h3-4,6-7,9-10,14-17H,5,8,11-13H2,1-2H3,(H,29,35)(H,31,32). The fourth-order valence-corrected chi connectivity index (χ4v) is 4.61. The van der Waals surface area contributed by atoms with Gasteiger partial charge in [-0.1, -0.05) is 12.1 Å². The van der Waals surface area contributed by atoms with E-state index in [1.54, 1.807) is 6.20 Å². The van der Waals surface area contributed by atoms with E-state index < -0.39 is 0 Å². The first kappa shape index (κ1) is 23.0. The molecular formula is C28H28N6O3. The summed E-state index contributed by atoms with van der Waals surface area (Å²) in [5, 5.41) is 8.32. The predicted octanol–water partition coefficient (Wildman–Crippen LogP) is 4.69. The number of aryl methyl sites for hydroxylation is 1. The molecule has 9 nitrogen and oxygen atoms in total. The lowest BCUT2D eigenvalue weighted by atomic mass is 10.1. The summed E-state index contributed by atoms with van der Waals surface area (Å²) in [6, 6.07) is 15.6. The minimum atomic E-state index is -0.154. The van der Waals surface area contributed by atoms with Crippen molar-refractivity contribution in [2.75, 3.05) is 19.8 Å². The molecule has 0 saturated carbocycles. The van der Waals surface area contributed by atoms with Crippen molar-refractivity contribution in [2.45, 2.75) is 32.7 Å². The summed E-state index contributed by atoms with van der Waals surface area (Å²) >= 11 is 0. The van der Waals surface area contributed by atoms with Crippen molar-refractivity contribution >= 4 is 28.0 Å². The Morgan fingerprint density at radius 2 is 1.92 bits per heavy atom. The van der Waals surface area contributed by atoms with Gasteiger partial charge < -0.3 is 19.8 Å². The molecule has 0 unspecified atom stereocenters. The molecule has 5 aromatic rings. The highest BCUT2D eigenvalue weighted by Gasteiger charge is 2.20. The number of pyridine rings is 1. The number of hydrogen-bond donors (Lipinski definition) is 2. The number of carbonyl (C=O) groups excluding carboxylic acids is 1. The molecule has 1 aliphatic heterocycles. The Balaban J connectivity index is 1.25. The molecule has 0 fully saturated rings. The van der Waals surface area contributed by atoms with Gasteiger partial charge in [-0.25, -0.2) is 14.6 Å². The summed E-state index contributed by atoms with van der Waals surface area (Å²) in [6.07, 6.45) is 3.23. The van der Waals surface area contributed by atoms with Gasteiger partial charge in [0, 0.05) is 24.6 Å². The van der Waals surface area contributed by atoms with Crippen molar-refractivity contribution < 1.29 is 14.3 Å². The number of hydrogen-bond acceptors (Lipinski definition) is 6. The van der Waals surface area contributed by atoms with Gasteiger partial charge in [0.2, 0.25) is 0 Å². The van der Waals surface area contributed by atoms with E-state index >= 15 is 0 Å². The number of ether oxygens (including phenoxy) is 2. The van der Waals surface area contributed by atoms with E-state index in [0.29, 0.717) is 48.2 Å². The Labute approximate surface area is 213 Å². The predicted molar refractivity (Wildman–Crippen MR) is 141 cm³/mol. The van der Waals surface area contributed by atoms with Gasteiger partial charge in [0.25, 0.3) is 5.91 Å². The van der Waals surface area contributed by atoms with Gasteiger partial charge in [-0.05, 0) is 56.7 Å². The van der Waals surface area contributed by atoms with Crippen LogP contribution in [0, 0.1) is 0 Å². The van der Waals surface area contributed by atoms with Crippen LogP contribution in [0.3, 0.4) is 0 Å². The summed E-state index contributed by atoms with van der Waals surface area (Å²) in [5.74, 6) is 2.16. The van der Waals surface area contributed by atoms with Gasteiger partial charge in [0.1, 0.15) is 19.0 Å². The highest BCUT2D eigenvalue weighted by atomic mass is 16.6. The number of nitrogens with zero attached hydrogens (tertiary/aromatic N) is 4. The molecule has 2 aromatic carbocycles. The van der Waals surface area contributed by atoms with Crippen molar-refractivity contribution in [2.24, 2.45) is 0 Å². The van der Waals surface area contributed by atoms with E-state index in [9.17, 15) is 4.79 Å². The van der Waals surface area contributed by atoms with Crippen LogP contribution in [-0.2, 0) is 6.42 Å². The molecule has 0 saturated heterocycles. The van der Waals surface area contributed by atoms with Crippen LogP contribution < -0.4 is 14.8 Å². The maximum absolute atomic E-state index is 13.4. The van der Waals surface area contributed by atoms with Gasteiger partial charge >= 0.3 is 0 Å². The third kappa shape index (κ3) is 4.48. The summed E-state index contributed by atoms with van der Waals surface area (Å²) in [7, 11) is 0. The number of aromatic amines is 1. The maximum atomic E-state index is 13.4. The van der Waals surface area contributed by atoms with E-state index in [1.807, 2.05) is 67.1 Å². The molecule has 0 atom stereocenters. The Bertz CT molecular complexity index is 1570. The number of imidazole rings is 1. The number of carbonyl (C=O) groups is 1. The quantitative estimate of drug-likeness (QED) is 0.317. The van der Waals surface area contributed by atoms with Crippen molar-refractivity contribution in [1.29, 1.82) is 0 Å². The van der Waals surface area contributed by atoms with Crippen LogP contribution in [0.4, 0.5) is 0 Å². The minimum Gasteiger partial charge on any atom is -0.486 e. The molecule has 4 heterocycles. The number of H-pyrrole nitrogens is 1. The zero-order valence-corrected chi connectivity index (χ0v) is 20.8. The number of rotatable bonds is 7. The third-order valence-electron chi connectivity index (χ3n) is 6.45. The maximum Gasteiger partial charge on any atom is 0.252 e. The van der Waals surface area contributed by atoms with Crippen LogP contribution >= 0.6 is 0 Å². The van der Waals surface area contributed by atoms with E-state index in [1.165, 1.54) is 0 Å². The molecular weight excluding hydrogens is 468 g/mol. The molecule has 6 rings (SSSR count). The average molecular weight is 497 g/mol. The van der Waals surface area contributed by atoms with Crippen LogP contribution in [-0.4, -0.2) is 50.4 Å². The minimum absolute atomic E-state index is 0.0974. The zero-order chi connectivity index (χ0) is 25.4. The Hall–Kier alpha value is -4.40.